The Morgan fingerprint density at radius 2 is 1.97 bits per heavy atom. The predicted molar refractivity (Wildman–Crippen MR) is 129 cm³/mol. The van der Waals surface area contributed by atoms with E-state index < -0.39 is 0 Å². The smallest absolute Gasteiger partial charge is 0.273 e. The summed E-state index contributed by atoms with van der Waals surface area (Å²) in [7, 11) is 0. The van der Waals surface area contributed by atoms with Gasteiger partial charge in [0.15, 0.2) is 5.57 Å². The summed E-state index contributed by atoms with van der Waals surface area (Å²) in [5.41, 5.74) is 1.32. The van der Waals surface area contributed by atoms with Gasteiger partial charge in [-0.3, -0.25) is 14.2 Å². The van der Waals surface area contributed by atoms with Crippen LogP contribution in [0.3, 0.4) is 0 Å². The van der Waals surface area contributed by atoms with Gasteiger partial charge in [-0.1, -0.05) is 0 Å². The van der Waals surface area contributed by atoms with Crippen LogP contribution < -0.4 is 19.5 Å². The zero-order valence-corrected chi connectivity index (χ0v) is 20.0. The number of hydrogen-bond acceptors (Lipinski definition) is 7. The number of thiazole rings is 1. The Bertz CT molecular complexity index is 1370. The lowest BCUT2D eigenvalue weighted by molar-refractivity contribution is -0.128. The average molecular weight is 482 g/mol. The third-order valence-electron chi connectivity index (χ3n) is 5.23. The van der Waals surface area contributed by atoms with E-state index in [1.807, 2.05) is 31.4 Å². The summed E-state index contributed by atoms with van der Waals surface area (Å²) in [5.74, 6) is 0.293. The molecule has 0 bridgehead atoms. The summed E-state index contributed by atoms with van der Waals surface area (Å²) in [6, 6.07) is 11.1. The highest BCUT2D eigenvalue weighted by Crippen LogP contribution is 2.17. The fourth-order valence-electron chi connectivity index (χ4n) is 3.51. The number of amides is 1. The van der Waals surface area contributed by atoms with E-state index in [0.717, 1.165) is 21.8 Å². The first-order valence-electron chi connectivity index (χ1n) is 10.6. The van der Waals surface area contributed by atoms with E-state index in [2.05, 4.69) is 6.07 Å². The molecule has 0 aliphatic carbocycles. The zero-order chi connectivity index (χ0) is 23.4. The van der Waals surface area contributed by atoms with Crippen LogP contribution in [0.4, 0.5) is 0 Å². The van der Waals surface area contributed by atoms with Gasteiger partial charge in [0.2, 0.25) is 0 Å². The van der Waals surface area contributed by atoms with Crippen molar-refractivity contribution in [2.75, 3.05) is 32.9 Å². The molecule has 3 heterocycles. The van der Waals surface area contributed by atoms with Gasteiger partial charge in [0.25, 0.3) is 11.5 Å². The largest absolute Gasteiger partial charge is 0.494 e. The normalized spacial score (nSPS) is 15.3. The molecule has 170 valence electrons. The summed E-state index contributed by atoms with van der Waals surface area (Å²) in [6.07, 6.45) is 1.83. The van der Waals surface area contributed by atoms with E-state index in [1.54, 1.807) is 40.5 Å². The van der Waals surface area contributed by atoms with E-state index in [-0.39, 0.29) is 17.0 Å². The molecule has 3 aromatic rings. The van der Waals surface area contributed by atoms with Crippen molar-refractivity contribution in [1.29, 1.82) is 5.26 Å². The molecule has 9 heteroatoms. The second-order valence-corrected chi connectivity index (χ2v) is 9.32. The average Bonchev–Trinajstić information content (AvgIpc) is 3.38. The van der Waals surface area contributed by atoms with Gasteiger partial charge in [-0.15, -0.1) is 22.7 Å². The van der Waals surface area contributed by atoms with Crippen molar-refractivity contribution in [3.05, 3.63) is 65.7 Å². The number of aryl methyl sites for hydroxylation is 1. The molecule has 0 saturated carbocycles. The zero-order valence-electron chi connectivity index (χ0n) is 18.4. The van der Waals surface area contributed by atoms with Crippen LogP contribution in [0.5, 0.6) is 5.75 Å². The molecule has 0 radical (unpaired) electrons. The summed E-state index contributed by atoms with van der Waals surface area (Å²) in [5, 5.41) is 11.9. The lowest BCUT2D eigenvalue weighted by Crippen LogP contribution is -2.42. The van der Waals surface area contributed by atoms with Crippen molar-refractivity contribution in [3.8, 4) is 17.5 Å². The van der Waals surface area contributed by atoms with Crippen LogP contribution in [0, 0.1) is 18.3 Å². The lowest BCUT2D eigenvalue weighted by Gasteiger charge is -2.26. The van der Waals surface area contributed by atoms with Gasteiger partial charge in [-0.05, 0) is 61.2 Å². The van der Waals surface area contributed by atoms with E-state index in [9.17, 15) is 14.9 Å². The molecule has 1 aromatic carbocycles. The van der Waals surface area contributed by atoms with Crippen LogP contribution in [-0.2, 0) is 9.53 Å². The second kappa shape index (κ2) is 10.2. The molecular weight excluding hydrogens is 458 g/mol. The number of carbonyl (C=O) groups excluding carboxylic acids is 1. The molecule has 1 aliphatic heterocycles. The monoisotopic (exact) mass is 481 g/mol. The van der Waals surface area contributed by atoms with E-state index >= 15 is 0 Å². The fraction of sp³-hybridized carbons (Fsp3) is 0.292. The molecule has 1 fully saturated rings. The fourth-order valence-corrected chi connectivity index (χ4v) is 5.52. The Labute approximate surface area is 199 Å². The summed E-state index contributed by atoms with van der Waals surface area (Å²) < 4.78 is 13.1. The van der Waals surface area contributed by atoms with Crippen LogP contribution in [0.15, 0.2) is 40.5 Å². The van der Waals surface area contributed by atoms with Crippen LogP contribution in [0.25, 0.3) is 17.3 Å². The first-order chi connectivity index (χ1) is 16.0. The number of hydrogen-bond donors (Lipinski definition) is 0. The summed E-state index contributed by atoms with van der Waals surface area (Å²) >= 11 is 2.70. The van der Waals surface area contributed by atoms with Crippen LogP contribution in [-0.4, -0.2) is 48.3 Å². The van der Waals surface area contributed by atoms with Gasteiger partial charge in [0.1, 0.15) is 16.5 Å². The Hall–Kier alpha value is -3.19. The molecule has 0 spiro atoms. The number of morpholine rings is 1. The molecule has 4 rings (SSSR count). The maximum atomic E-state index is 13.5. The molecule has 1 aliphatic rings. The first-order valence-corrected chi connectivity index (χ1v) is 12.3. The van der Waals surface area contributed by atoms with Gasteiger partial charge >= 0.3 is 0 Å². The van der Waals surface area contributed by atoms with Gasteiger partial charge in [0.05, 0.1) is 30.0 Å². The first kappa shape index (κ1) is 23.0. The Kier molecular flexibility index (Phi) is 7.08. The molecule has 0 N–H and O–H groups in total. The van der Waals surface area contributed by atoms with E-state index in [0.29, 0.717) is 53.5 Å². The number of ether oxygens (including phenoxy) is 2. The molecule has 1 amide bonds. The Morgan fingerprint density at radius 1 is 1.24 bits per heavy atom. The van der Waals surface area contributed by atoms with E-state index in [1.165, 1.54) is 4.57 Å². The Morgan fingerprint density at radius 3 is 2.58 bits per heavy atom. The van der Waals surface area contributed by atoms with Crippen molar-refractivity contribution in [1.82, 2.24) is 9.47 Å². The molecule has 0 atom stereocenters. The quantitative estimate of drug-likeness (QED) is 0.557. The molecule has 0 unspecified atom stereocenters. The van der Waals surface area contributed by atoms with Crippen LogP contribution in [0.2, 0.25) is 0 Å². The number of aromatic nitrogens is 1. The van der Waals surface area contributed by atoms with Gasteiger partial charge in [0, 0.05) is 18.0 Å². The number of nitriles is 1. The minimum absolute atomic E-state index is 0.0459. The summed E-state index contributed by atoms with van der Waals surface area (Å²) in [6.45, 7) is 6.09. The topological polar surface area (TPSA) is 84.6 Å². The van der Waals surface area contributed by atoms with Gasteiger partial charge in [-0.2, -0.15) is 5.26 Å². The number of nitrogens with zero attached hydrogens (tertiary/aromatic N) is 3. The lowest BCUT2D eigenvalue weighted by atomic mass is 10.2. The standard InChI is InChI=1S/C24H23N3O4S2/c1-3-31-18-6-4-17(5-7-18)27-23(29)21(14-20-16(2)8-13-32-20)33-24(27)19(15-25)22(28)26-9-11-30-12-10-26/h4-8,13-14H,3,9-12H2,1-2H3/b21-14+,24-19-. The number of thiophene rings is 1. The maximum Gasteiger partial charge on any atom is 0.273 e. The Balaban J connectivity index is 1.95. The molecule has 1 saturated heterocycles. The highest BCUT2D eigenvalue weighted by molar-refractivity contribution is 7.11. The van der Waals surface area contributed by atoms with Crippen molar-refractivity contribution < 1.29 is 14.3 Å². The summed E-state index contributed by atoms with van der Waals surface area (Å²) in [4.78, 5) is 29.3. The highest BCUT2D eigenvalue weighted by Gasteiger charge is 2.24. The minimum atomic E-state index is -0.388. The van der Waals surface area contributed by atoms with Crippen LogP contribution in [0.1, 0.15) is 17.4 Å². The number of rotatable bonds is 5. The third kappa shape index (κ3) is 4.78. The molecular formula is C24H23N3O4S2. The molecule has 7 nitrogen and oxygen atoms in total. The number of benzene rings is 1. The molecule has 33 heavy (non-hydrogen) atoms. The van der Waals surface area contributed by atoms with Gasteiger partial charge < -0.3 is 14.4 Å². The maximum absolute atomic E-state index is 13.5. The van der Waals surface area contributed by atoms with Crippen molar-refractivity contribution in [3.63, 3.8) is 0 Å². The van der Waals surface area contributed by atoms with E-state index in [4.69, 9.17) is 9.47 Å². The van der Waals surface area contributed by atoms with Crippen molar-refractivity contribution >= 4 is 40.2 Å². The van der Waals surface area contributed by atoms with Crippen LogP contribution >= 0.6 is 22.7 Å². The van der Waals surface area contributed by atoms with Crippen molar-refractivity contribution in [2.45, 2.75) is 13.8 Å². The SMILES string of the molecule is CCOc1ccc(-n2c(=O)/c(=C\c3sccc3C)s/c2=C(/C#N)C(=O)N2CCOCC2)cc1. The van der Waals surface area contributed by atoms with Crippen molar-refractivity contribution in [2.24, 2.45) is 0 Å². The molecule has 2 aromatic heterocycles. The number of carbonyl (C=O) groups is 1. The second-order valence-electron chi connectivity index (χ2n) is 7.34. The van der Waals surface area contributed by atoms with Gasteiger partial charge in [-0.25, -0.2) is 0 Å². The highest BCUT2D eigenvalue weighted by atomic mass is 32.1. The third-order valence-corrected chi connectivity index (χ3v) is 7.29. The minimum Gasteiger partial charge on any atom is -0.494 e. The predicted octanol–water partition coefficient (Wildman–Crippen LogP) is 2.03.